The lowest BCUT2D eigenvalue weighted by Crippen LogP contribution is -2.35. The fraction of sp³-hybridized carbons (Fsp3) is 0.471. The molecule has 2 N–H and O–H groups in total. The number of hydrogen-bond acceptors (Lipinski definition) is 4. The highest BCUT2D eigenvalue weighted by atomic mass is 35.5. The first-order valence-electron chi connectivity index (χ1n) is 8.26. The Morgan fingerprint density at radius 3 is 2.80 bits per heavy atom. The zero-order valence-corrected chi connectivity index (χ0v) is 15.9. The summed E-state index contributed by atoms with van der Waals surface area (Å²) in [4.78, 5) is 14.8. The summed E-state index contributed by atoms with van der Waals surface area (Å²) in [5.41, 5.74) is 7.79. The minimum atomic E-state index is -0.0661. The topological polar surface area (TPSA) is 77.0 Å². The highest BCUT2D eigenvalue weighted by molar-refractivity contribution is 6.30. The Morgan fingerprint density at radius 1 is 1.44 bits per heavy atom. The van der Waals surface area contributed by atoms with Gasteiger partial charge in [-0.05, 0) is 50.4 Å². The van der Waals surface area contributed by atoms with E-state index in [4.69, 9.17) is 17.3 Å². The van der Waals surface area contributed by atoms with E-state index in [1.165, 1.54) is 0 Å². The molecule has 8 heteroatoms. The Hall–Kier alpha value is -1.63. The van der Waals surface area contributed by atoms with Crippen LogP contribution in [0, 0.1) is 5.92 Å². The van der Waals surface area contributed by atoms with Gasteiger partial charge in [0.25, 0.3) is 5.91 Å². The summed E-state index contributed by atoms with van der Waals surface area (Å²) in [5.74, 6) is 0.292. The highest BCUT2D eigenvalue weighted by Crippen LogP contribution is 2.25. The average Bonchev–Trinajstić information content (AvgIpc) is 3.17. The van der Waals surface area contributed by atoms with Crippen molar-refractivity contribution in [3.05, 3.63) is 40.7 Å². The molecule has 2 aromatic rings. The lowest BCUT2D eigenvalue weighted by atomic mass is 10.1. The highest BCUT2D eigenvalue weighted by Gasteiger charge is 2.34. The van der Waals surface area contributed by atoms with Crippen LogP contribution in [0.25, 0.3) is 5.69 Å². The van der Waals surface area contributed by atoms with E-state index < -0.39 is 0 Å². The summed E-state index contributed by atoms with van der Waals surface area (Å²) in [7, 11) is 0. The van der Waals surface area contributed by atoms with Crippen molar-refractivity contribution in [3.63, 3.8) is 0 Å². The van der Waals surface area contributed by atoms with Gasteiger partial charge in [0.2, 0.25) is 0 Å². The van der Waals surface area contributed by atoms with Gasteiger partial charge < -0.3 is 10.6 Å². The van der Waals surface area contributed by atoms with Gasteiger partial charge in [0.15, 0.2) is 5.69 Å². The maximum atomic E-state index is 13.0. The molecule has 6 nitrogen and oxygen atoms in total. The quantitative estimate of drug-likeness (QED) is 0.880. The minimum absolute atomic E-state index is 0. The number of halogens is 2. The first-order valence-corrected chi connectivity index (χ1v) is 8.64. The van der Waals surface area contributed by atoms with Gasteiger partial charge in [-0.3, -0.25) is 4.79 Å². The van der Waals surface area contributed by atoms with Crippen LogP contribution in [0.4, 0.5) is 0 Å². The molecular weight excluding hydrogens is 361 g/mol. The summed E-state index contributed by atoms with van der Waals surface area (Å²) in [6.07, 6.45) is 1.59. The van der Waals surface area contributed by atoms with E-state index in [-0.39, 0.29) is 24.4 Å². The second-order valence-electron chi connectivity index (χ2n) is 6.27. The average molecular weight is 384 g/mol. The van der Waals surface area contributed by atoms with Crippen LogP contribution in [-0.4, -0.2) is 44.9 Å². The molecule has 0 radical (unpaired) electrons. The molecule has 0 spiro atoms. The lowest BCUT2D eigenvalue weighted by Gasteiger charge is -2.20. The van der Waals surface area contributed by atoms with Crippen molar-refractivity contribution < 1.29 is 4.79 Å². The van der Waals surface area contributed by atoms with Crippen molar-refractivity contribution in [2.45, 2.75) is 32.7 Å². The molecule has 136 valence electrons. The first-order chi connectivity index (χ1) is 11.5. The smallest absolute Gasteiger partial charge is 0.276 e. The van der Waals surface area contributed by atoms with Gasteiger partial charge in [0.1, 0.15) is 0 Å². The molecule has 2 heterocycles. The van der Waals surface area contributed by atoms with Crippen LogP contribution >= 0.6 is 24.0 Å². The fourth-order valence-electron chi connectivity index (χ4n) is 3.33. The predicted octanol–water partition coefficient (Wildman–Crippen LogP) is 2.71. The molecule has 1 aromatic heterocycles. The number of nitrogens with zero attached hydrogens (tertiary/aromatic N) is 4. The number of carbonyl (C=O) groups is 1. The monoisotopic (exact) mass is 383 g/mol. The Kier molecular flexibility index (Phi) is 6.43. The molecule has 1 aromatic carbocycles. The molecule has 1 saturated heterocycles. The summed E-state index contributed by atoms with van der Waals surface area (Å²) in [6.45, 7) is 5.33. The van der Waals surface area contributed by atoms with Gasteiger partial charge in [-0.25, -0.2) is 4.68 Å². The van der Waals surface area contributed by atoms with Crippen LogP contribution < -0.4 is 5.73 Å². The number of aromatic nitrogens is 3. The van der Waals surface area contributed by atoms with Crippen LogP contribution in [-0.2, 0) is 6.42 Å². The van der Waals surface area contributed by atoms with Crippen molar-refractivity contribution in [1.82, 2.24) is 19.9 Å². The van der Waals surface area contributed by atoms with Gasteiger partial charge in [0, 0.05) is 17.6 Å². The Morgan fingerprint density at radius 2 is 2.20 bits per heavy atom. The van der Waals surface area contributed by atoms with Crippen molar-refractivity contribution >= 4 is 29.9 Å². The Balaban J connectivity index is 0.00000225. The number of rotatable bonds is 4. The second kappa shape index (κ2) is 8.17. The molecule has 25 heavy (non-hydrogen) atoms. The molecule has 3 rings (SSSR count). The van der Waals surface area contributed by atoms with Crippen molar-refractivity contribution in [1.29, 1.82) is 0 Å². The van der Waals surface area contributed by atoms with E-state index in [0.717, 1.165) is 17.8 Å². The van der Waals surface area contributed by atoms with Gasteiger partial charge in [-0.1, -0.05) is 29.8 Å². The van der Waals surface area contributed by atoms with E-state index in [2.05, 4.69) is 17.2 Å². The van der Waals surface area contributed by atoms with Gasteiger partial charge in [-0.15, -0.1) is 17.5 Å². The third kappa shape index (κ3) is 3.81. The maximum absolute atomic E-state index is 13.0. The molecule has 1 fully saturated rings. The van der Waals surface area contributed by atoms with Gasteiger partial charge in [0.05, 0.1) is 11.4 Å². The van der Waals surface area contributed by atoms with Crippen molar-refractivity contribution in [2.75, 3.05) is 13.1 Å². The second-order valence-corrected chi connectivity index (χ2v) is 6.71. The van der Waals surface area contributed by atoms with E-state index in [1.807, 2.05) is 30.0 Å². The number of carbonyl (C=O) groups excluding carboxylic acids is 1. The largest absolute Gasteiger partial charge is 0.334 e. The summed E-state index contributed by atoms with van der Waals surface area (Å²) < 4.78 is 1.69. The van der Waals surface area contributed by atoms with Crippen LogP contribution in [0.1, 0.15) is 36.5 Å². The number of hydrogen-bond donors (Lipinski definition) is 1. The number of likely N-dealkylation sites (tertiary alicyclic amines) is 1. The van der Waals surface area contributed by atoms with E-state index >= 15 is 0 Å². The molecule has 1 aliphatic heterocycles. The van der Waals surface area contributed by atoms with E-state index in [9.17, 15) is 4.79 Å². The number of amides is 1. The molecule has 2 atom stereocenters. The lowest BCUT2D eigenvalue weighted by molar-refractivity contribution is 0.0736. The first kappa shape index (κ1) is 19.7. The van der Waals surface area contributed by atoms with Gasteiger partial charge >= 0.3 is 0 Å². The van der Waals surface area contributed by atoms with Crippen LogP contribution in [0.15, 0.2) is 24.3 Å². The van der Waals surface area contributed by atoms with Crippen LogP contribution in [0.3, 0.4) is 0 Å². The van der Waals surface area contributed by atoms with Crippen molar-refractivity contribution in [2.24, 2.45) is 11.7 Å². The Bertz CT molecular complexity index is 748. The fourth-order valence-corrected chi connectivity index (χ4v) is 3.52. The van der Waals surface area contributed by atoms with E-state index in [1.54, 1.807) is 10.7 Å². The molecule has 1 amide bonds. The van der Waals surface area contributed by atoms with Crippen LogP contribution in [0.5, 0.6) is 0 Å². The minimum Gasteiger partial charge on any atom is -0.334 e. The Labute approximate surface area is 158 Å². The molecule has 2 unspecified atom stereocenters. The molecule has 0 saturated carbocycles. The summed E-state index contributed by atoms with van der Waals surface area (Å²) in [6, 6.07) is 7.54. The SMILES string of the molecule is CCc1c(C(=O)N2CC(CN)CC2C)nnn1-c1cccc(Cl)c1.Cl. The predicted molar refractivity (Wildman–Crippen MR) is 101 cm³/mol. The summed E-state index contributed by atoms with van der Waals surface area (Å²) >= 11 is 6.07. The standard InChI is InChI=1S/C17H22ClN5O.ClH/c1-3-15-16(17(24)22-10-12(9-19)7-11(22)2)20-21-23(15)14-6-4-5-13(18)8-14;/h4-6,8,11-12H,3,7,9-10,19H2,1-2H3;1H. The zero-order valence-electron chi connectivity index (χ0n) is 14.4. The number of benzene rings is 1. The van der Waals surface area contributed by atoms with Crippen LogP contribution in [0.2, 0.25) is 5.02 Å². The normalized spacial score (nSPS) is 19.8. The molecule has 1 aliphatic rings. The van der Waals surface area contributed by atoms with E-state index in [0.29, 0.717) is 36.1 Å². The molecular formula is C17H23Cl2N5O. The van der Waals surface area contributed by atoms with Crippen molar-refractivity contribution in [3.8, 4) is 5.69 Å². The molecule has 0 aliphatic carbocycles. The third-order valence-corrected chi connectivity index (χ3v) is 4.84. The number of nitrogens with two attached hydrogens (primary N) is 1. The maximum Gasteiger partial charge on any atom is 0.276 e. The van der Waals surface area contributed by atoms with Gasteiger partial charge in [-0.2, -0.15) is 0 Å². The third-order valence-electron chi connectivity index (χ3n) is 4.61. The summed E-state index contributed by atoms with van der Waals surface area (Å²) in [5, 5.41) is 8.98. The zero-order chi connectivity index (χ0) is 17.3. The molecule has 0 bridgehead atoms.